The van der Waals surface area contributed by atoms with Gasteiger partial charge in [-0.1, -0.05) is 29.8 Å². The van der Waals surface area contributed by atoms with E-state index in [0.29, 0.717) is 6.42 Å². The van der Waals surface area contributed by atoms with E-state index in [4.69, 9.17) is 0 Å². The summed E-state index contributed by atoms with van der Waals surface area (Å²) in [5.41, 5.74) is 4.05. The first-order valence-corrected chi connectivity index (χ1v) is 9.16. The number of rotatable bonds is 3. The molecule has 0 aliphatic carbocycles. The Balaban J connectivity index is 1.44. The Labute approximate surface area is 153 Å². The van der Waals surface area contributed by atoms with Gasteiger partial charge in [-0.3, -0.25) is 4.79 Å². The number of likely N-dealkylation sites (tertiary alicyclic amines) is 1. The van der Waals surface area contributed by atoms with E-state index in [9.17, 15) is 9.59 Å². The number of carbonyl (C=O) groups excluding carboxylic acids is 2. The van der Waals surface area contributed by atoms with E-state index in [1.165, 1.54) is 11.1 Å². The number of nitrogens with zero attached hydrogens (tertiary/aromatic N) is 2. The van der Waals surface area contributed by atoms with Gasteiger partial charge in [-0.15, -0.1) is 0 Å². The normalized spacial score (nSPS) is 19.4. The largest absolute Gasteiger partial charge is 0.322 e. The second-order valence-corrected chi connectivity index (χ2v) is 7.04. The number of β-lactam (4-membered cyclic amide) rings is 1. The molecule has 4 rings (SSSR count). The van der Waals surface area contributed by atoms with E-state index >= 15 is 0 Å². The molecule has 2 aliphatic heterocycles. The summed E-state index contributed by atoms with van der Waals surface area (Å²) in [4.78, 5) is 28.0. The molecule has 2 aromatic rings. The molecule has 0 radical (unpaired) electrons. The third-order valence-electron chi connectivity index (χ3n) is 5.22. The fourth-order valence-electron chi connectivity index (χ4n) is 3.74. The molecule has 26 heavy (non-hydrogen) atoms. The van der Waals surface area contributed by atoms with Crippen LogP contribution in [0.3, 0.4) is 0 Å². The molecule has 5 nitrogen and oxygen atoms in total. The van der Waals surface area contributed by atoms with E-state index < -0.39 is 0 Å². The third kappa shape index (κ3) is 3.17. The van der Waals surface area contributed by atoms with Crippen molar-refractivity contribution < 1.29 is 9.59 Å². The van der Waals surface area contributed by atoms with Crippen molar-refractivity contribution in [3.63, 3.8) is 0 Å². The monoisotopic (exact) mass is 349 g/mol. The van der Waals surface area contributed by atoms with Gasteiger partial charge >= 0.3 is 6.03 Å². The molecule has 0 spiro atoms. The lowest BCUT2D eigenvalue weighted by Gasteiger charge is -2.30. The smallest absolute Gasteiger partial charge is 0.317 e. The van der Waals surface area contributed by atoms with Gasteiger partial charge in [-0.2, -0.15) is 0 Å². The number of nitrogens with one attached hydrogen (secondary N) is 1. The molecular formula is C21H23N3O2. The number of amides is 3. The molecule has 1 atom stereocenters. The lowest BCUT2D eigenvalue weighted by Crippen LogP contribution is -2.43. The maximum absolute atomic E-state index is 12.8. The zero-order valence-corrected chi connectivity index (χ0v) is 14.9. The van der Waals surface area contributed by atoms with Crippen molar-refractivity contribution in [2.24, 2.45) is 0 Å². The van der Waals surface area contributed by atoms with Crippen LogP contribution in [0.1, 0.15) is 36.4 Å². The van der Waals surface area contributed by atoms with Gasteiger partial charge in [0.25, 0.3) is 0 Å². The maximum Gasteiger partial charge on any atom is 0.322 e. The van der Waals surface area contributed by atoms with E-state index in [1.54, 1.807) is 4.90 Å². The lowest BCUT2D eigenvalue weighted by atomic mass is 10.0. The van der Waals surface area contributed by atoms with Gasteiger partial charge in [-0.05, 0) is 49.6 Å². The van der Waals surface area contributed by atoms with Gasteiger partial charge in [0.1, 0.15) is 0 Å². The third-order valence-corrected chi connectivity index (χ3v) is 5.22. The molecule has 1 N–H and O–H groups in total. The number of carbonyl (C=O) groups is 2. The minimum Gasteiger partial charge on any atom is -0.317 e. The van der Waals surface area contributed by atoms with Crippen LogP contribution in [0.2, 0.25) is 0 Å². The lowest BCUT2D eigenvalue weighted by molar-refractivity contribution is -0.122. The van der Waals surface area contributed by atoms with E-state index in [2.05, 4.69) is 36.5 Å². The Hall–Kier alpha value is -2.82. The first-order chi connectivity index (χ1) is 12.6. The second kappa shape index (κ2) is 6.83. The summed E-state index contributed by atoms with van der Waals surface area (Å²) < 4.78 is 0. The molecule has 5 heteroatoms. The second-order valence-electron chi connectivity index (χ2n) is 7.04. The molecule has 134 valence electrons. The molecule has 0 bridgehead atoms. The first-order valence-electron chi connectivity index (χ1n) is 9.16. The molecular weight excluding hydrogens is 326 g/mol. The van der Waals surface area contributed by atoms with Crippen molar-refractivity contribution >= 4 is 23.3 Å². The summed E-state index contributed by atoms with van der Waals surface area (Å²) in [6.07, 6.45) is 2.63. The summed E-state index contributed by atoms with van der Waals surface area (Å²) in [5, 5.41) is 3.00. The molecule has 2 aromatic carbocycles. The summed E-state index contributed by atoms with van der Waals surface area (Å²) in [6, 6.07) is 15.9. The molecule has 0 aromatic heterocycles. The highest BCUT2D eigenvalue weighted by Gasteiger charge is 2.30. The van der Waals surface area contributed by atoms with Crippen molar-refractivity contribution in [3.8, 4) is 0 Å². The Morgan fingerprint density at radius 2 is 1.92 bits per heavy atom. The molecule has 2 heterocycles. The molecule has 2 saturated heterocycles. The van der Waals surface area contributed by atoms with Crippen LogP contribution in [0.15, 0.2) is 48.5 Å². The highest BCUT2D eigenvalue weighted by molar-refractivity contribution is 5.99. The van der Waals surface area contributed by atoms with Crippen LogP contribution in [0.25, 0.3) is 0 Å². The number of aryl methyl sites for hydroxylation is 1. The SMILES string of the molecule is Cc1cccc(C2CCCN2C(=O)Nc2ccc(N3CCC3=O)cc2)c1. The molecule has 2 fully saturated rings. The molecule has 3 amide bonds. The van der Waals surface area contributed by atoms with Crippen LogP contribution in [0.4, 0.5) is 16.2 Å². The number of anilines is 2. The van der Waals surface area contributed by atoms with E-state index in [0.717, 1.165) is 37.3 Å². The minimum atomic E-state index is -0.0678. The summed E-state index contributed by atoms with van der Waals surface area (Å²) in [5.74, 6) is 0.153. The number of hydrogen-bond acceptors (Lipinski definition) is 2. The van der Waals surface area contributed by atoms with E-state index in [1.807, 2.05) is 29.2 Å². The minimum absolute atomic E-state index is 0.0678. The summed E-state index contributed by atoms with van der Waals surface area (Å²) in [7, 11) is 0. The summed E-state index contributed by atoms with van der Waals surface area (Å²) in [6.45, 7) is 3.62. The van der Waals surface area contributed by atoms with Crippen molar-refractivity contribution in [1.82, 2.24) is 4.90 Å². The van der Waals surface area contributed by atoms with Gasteiger partial charge < -0.3 is 15.1 Å². The fourth-order valence-corrected chi connectivity index (χ4v) is 3.74. The predicted molar refractivity (Wildman–Crippen MR) is 102 cm³/mol. The average Bonchev–Trinajstić information content (AvgIpc) is 3.12. The fraction of sp³-hybridized carbons (Fsp3) is 0.333. The van der Waals surface area contributed by atoms with Crippen LogP contribution < -0.4 is 10.2 Å². The maximum atomic E-state index is 12.8. The zero-order chi connectivity index (χ0) is 18.1. The highest BCUT2D eigenvalue weighted by Crippen LogP contribution is 2.33. The Kier molecular flexibility index (Phi) is 4.37. The van der Waals surface area contributed by atoms with Crippen molar-refractivity contribution in [3.05, 3.63) is 59.7 Å². The van der Waals surface area contributed by atoms with Crippen molar-refractivity contribution in [1.29, 1.82) is 0 Å². The summed E-state index contributed by atoms with van der Waals surface area (Å²) >= 11 is 0. The quantitative estimate of drug-likeness (QED) is 0.848. The standard InChI is InChI=1S/C21H23N3O2/c1-15-4-2-5-16(14-15)19-6-3-12-24(19)21(26)22-17-7-9-18(10-8-17)23-13-11-20(23)25/h2,4-5,7-10,14,19H,3,6,11-13H2,1H3,(H,22,26). The van der Waals surface area contributed by atoms with Gasteiger partial charge in [-0.25, -0.2) is 4.79 Å². The van der Waals surface area contributed by atoms with Gasteiger partial charge in [0.15, 0.2) is 0 Å². The van der Waals surface area contributed by atoms with Crippen LogP contribution in [0, 0.1) is 6.92 Å². The van der Waals surface area contributed by atoms with Crippen LogP contribution in [-0.2, 0) is 4.79 Å². The van der Waals surface area contributed by atoms with Crippen LogP contribution in [0.5, 0.6) is 0 Å². The van der Waals surface area contributed by atoms with Crippen LogP contribution >= 0.6 is 0 Å². The van der Waals surface area contributed by atoms with Gasteiger partial charge in [0, 0.05) is 30.9 Å². The van der Waals surface area contributed by atoms with Crippen molar-refractivity contribution in [2.75, 3.05) is 23.3 Å². The Morgan fingerprint density at radius 3 is 2.58 bits per heavy atom. The number of urea groups is 1. The van der Waals surface area contributed by atoms with Crippen LogP contribution in [-0.4, -0.2) is 29.9 Å². The average molecular weight is 349 g/mol. The Bertz CT molecular complexity index is 831. The predicted octanol–water partition coefficient (Wildman–Crippen LogP) is 4.10. The number of benzene rings is 2. The highest BCUT2D eigenvalue weighted by atomic mass is 16.2. The Morgan fingerprint density at radius 1 is 1.12 bits per heavy atom. The first kappa shape index (κ1) is 16.6. The topological polar surface area (TPSA) is 52.7 Å². The van der Waals surface area contributed by atoms with Crippen molar-refractivity contribution in [2.45, 2.75) is 32.2 Å². The molecule has 1 unspecified atom stereocenters. The van der Waals surface area contributed by atoms with Gasteiger partial charge in [0.05, 0.1) is 6.04 Å². The molecule has 0 saturated carbocycles. The molecule has 2 aliphatic rings. The zero-order valence-electron chi connectivity index (χ0n) is 14.9. The van der Waals surface area contributed by atoms with E-state index in [-0.39, 0.29) is 18.0 Å². The van der Waals surface area contributed by atoms with Gasteiger partial charge in [0.2, 0.25) is 5.91 Å². The number of hydrogen-bond donors (Lipinski definition) is 1.